The number of aromatic nitrogens is 4. The van der Waals surface area contributed by atoms with Crippen LogP contribution in [0, 0.1) is 22.7 Å². The Balaban J connectivity index is 1.43. The smallest absolute Gasteiger partial charge is 0.164 e. The van der Waals surface area contributed by atoms with Crippen LogP contribution in [-0.4, -0.2) is 19.5 Å². The van der Waals surface area contributed by atoms with Crippen molar-refractivity contribution in [3.8, 4) is 74.2 Å². The van der Waals surface area contributed by atoms with Crippen molar-refractivity contribution in [2.75, 3.05) is 0 Å². The Morgan fingerprint density at radius 3 is 1.15 bits per heavy atom. The Labute approximate surface area is 357 Å². The summed E-state index contributed by atoms with van der Waals surface area (Å²) in [6, 6.07) is 58.2. The van der Waals surface area contributed by atoms with E-state index < -0.39 is 0 Å². The van der Waals surface area contributed by atoms with Crippen LogP contribution < -0.4 is 0 Å². The van der Waals surface area contributed by atoms with E-state index in [4.69, 9.17) is 15.0 Å². The van der Waals surface area contributed by atoms with Gasteiger partial charge in [0.1, 0.15) is 0 Å². The summed E-state index contributed by atoms with van der Waals surface area (Å²) in [5, 5.41) is 22.1. The van der Waals surface area contributed by atoms with Gasteiger partial charge in [0.2, 0.25) is 0 Å². The normalized spacial score (nSPS) is 11.7. The first-order valence-corrected chi connectivity index (χ1v) is 20.6. The van der Waals surface area contributed by atoms with Gasteiger partial charge in [0.25, 0.3) is 0 Å². The minimum absolute atomic E-state index is 0.0606. The summed E-state index contributed by atoms with van der Waals surface area (Å²) in [4.78, 5) is 15.3. The molecular formula is C55H44N6. The van der Waals surface area contributed by atoms with Gasteiger partial charge in [-0.1, -0.05) is 139 Å². The van der Waals surface area contributed by atoms with Crippen LogP contribution in [0.2, 0.25) is 0 Å². The molecule has 2 heterocycles. The molecule has 0 amide bonds. The lowest BCUT2D eigenvalue weighted by Gasteiger charge is -2.22. The Hall–Kier alpha value is -7.67. The maximum absolute atomic E-state index is 9.87. The molecule has 0 bridgehead atoms. The largest absolute Gasteiger partial charge is 0.308 e. The maximum Gasteiger partial charge on any atom is 0.164 e. The number of fused-ring (bicyclic) bond motifs is 3. The van der Waals surface area contributed by atoms with Gasteiger partial charge in [0, 0.05) is 38.6 Å². The number of nitrogens with zero attached hydrogens (tertiary/aromatic N) is 6. The lowest BCUT2D eigenvalue weighted by Crippen LogP contribution is -2.10. The predicted molar refractivity (Wildman–Crippen MR) is 248 cm³/mol. The molecule has 0 saturated carbocycles. The van der Waals surface area contributed by atoms with Crippen LogP contribution in [0.15, 0.2) is 158 Å². The van der Waals surface area contributed by atoms with Crippen molar-refractivity contribution in [1.29, 1.82) is 10.5 Å². The Bertz CT molecular complexity index is 2980. The number of hydrogen-bond acceptors (Lipinski definition) is 5. The highest BCUT2D eigenvalue weighted by molar-refractivity contribution is 6.11. The van der Waals surface area contributed by atoms with Gasteiger partial charge in [0.15, 0.2) is 17.5 Å². The molecule has 9 aromatic rings. The van der Waals surface area contributed by atoms with E-state index >= 15 is 0 Å². The highest BCUT2D eigenvalue weighted by Crippen LogP contribution is 2.45. The van der Waals surface area contributed by atoms with E-state index in [-0.39, 0.29) is 10.8 Å². The van der Waals surface area contributed by atoms with Crippen molar-refractivity contribution >= 4 is 21.8 Å². The van der Waals surface area contributed by atoms with Crippen LogP contribution in [0.25, 0.3) is 83.9 Å². The average molecular weight is 789 g/mol. The third-order valence-corrected chi connectivity index (χ3v) is 11.4. The van der Waals surface area contributed by atoms with Gasteiger partial charge in [-0.25, -0.2) is 15.0 Å². The highest BCUT2D eigenvalue weighted by Gasteiger charge is 2.26. The maximum atomic E-state index is 9.87. The van der Waals surface area contributed by atoms with E-state index in [9.17, 15) is 10.5 Å². The molecule has 0 spiro atoms. The predicted octanol–water partition coefficient (Wildman–Crippen LogP) is 13.6. The number of benzene rings is 7. The zero-order valence-corrected chi connectivity index (χ0v) is 35.2. The van der Waals surface area contributed by atoms with Crippen LogP contribution in [-0.2, 0) is 10.8 Å². The second kappa shape index (κ2) is 15.2. The SMILES string of the molecule is CC(C)(C)c1ccc2c(c1)c1cc(C(C)(C)C)ccc1n2-c1c(-c2ccc(C#N)cc2)cc(-c2nc(-c3ccccc3)nc(-c3ccccc3)n2)cc1-c1ccc(C#N)cc1. The van der Waals surface area contributed by atoms with E-state index in [0.29, 0.717) is 28.6 Å². The summed E-state index contributed by atoms with van der Waals surface area (Å²) < 4.78 is 2.40. The molecule has 0 aliphatic carbocycles. The summed E-state index contributed by atoms with van der Waals surface area (Å²) >= 11 is 0. The fraction of sp³-hybridized carbons (Fsp3) is 0.145. The molecule has 294 valence electrons. The molecular weight excluding hydrogens is 745 g/mol. The van der Waals surface area contributed by atoms with Crippen molar-refractivity contribution in [3.63, 3.8) is 0 Å². The van der Waals surface area contributed by atoms with Gasteiger partial charge in [0.05, 0.1) is 40.0 Å². The van der Waals surface area contributed by atoms with Crippen LogP contribution in [0.1, 0.15) is 63.8 Å². The van der Waals surface area contributed by atoms with E-state index in [1.54, 1.807) is 0 Å². The Morgan fingerprint density at radius 2 is 0.787 bits per heavy atom. The molecule has 0 saturated heterocycles. The summed E-state index contributed by atoms with van der Waals surface area (Å²) in [7, 11) is 0. The summed E-state index contributed by atoms with van der Waals surface area (Å²) in [5.41, 5.74) is 12.9. The number of nitriles is 2. The van der Waals surface area contributed by atoms with Crippen molar-refractivity contribution in [2.24, 2.45) is 0 Å². The van der Waals surface area contributed by atoms with Crippen LogP contribution in [0.5, 0.6) is 0 Å². The molecule has 61 heavy (non-hydrogen) atoms. The van der Waals surface area contributed by atoms with Crippen LogP contribution >= 0.6 is 0 Å². The lowest BCUT2D eigenvalue weighted by molar-refractivity contribution is 0.590. The van der Waals surface area contributed by atoms with E-state index in [1.807, 2.05) is 109 Å². The van der Waals surface area contributed by atoms with Crippen molar-refractivity contribution < 1.29 is 0 Å². The zero-order valence-electron chi connectivity index (χ0n) is 35.2. The van der Waals surface area contributed by atoms with Crippen LogP contribution in [0.3, 0.4) is 0 Å². The quantitative estimate of drug-likeness (QED) is 0.167. The van der Waals surface area contributed by atoms with Crippen molar-refractivity contribution in [1.82, 2.24) is 19.5 Å². The number of hydrogen-bond donors (Lipinski definition) is 0. The van der Waals surface area contributed by atoms with Gasteiger partial charge in [-0.2, -0.15) is 10.5 Å². The first-order chi connectivity index (χ1) is 29.4. The fourth-order valence-electron chi connectivity index (χ4n) is 8.03. The third-order valence-electron chi connectivity index (χ3n) is 11.4. The second-order valence-corrected chi connectivity index (χ2v) is 17.6. The summed E-state index contributed by atoms with van der Waals surface area (Å²) in [6.45, 7) is 13.5. The molecule has 0 aliphatic heterocycles. The lowest BCUT2D eigenvalue weighted by atomic mass is 9.85. The molecule has 0 aliphatic rings. The molecule has 0 fully saturated rings. The van der Waals surface area contributed by atoms with Crippen molar-refractivity contribution in [3.05, 3.63) is 180 Å². The van der Waals surface area contributed by atoms with Crippen molar-refractivity contribution in [2.45, 2.75) is 52.4 Å². The van der Waals surface area contributed by atoms with Gasteiger partial charge in [-0.15, -0.1) is 0 Å². The Kier molecular flexibility index (Phi) is 9.66. The standard InChI is InChI=1S/C55H44N6/c1-54(2,3)42-25-27-48-46(31-42)47-32-43(55(4,5)6)26-28-49(47)61(48)50-44(37-21-17-35(33-56)18-22-37)29-41(30-45(50)38-23-19-36(34-57)20-24-38)53-59-51(39-13-9-7-10-14-39)58-52(60-53)40-15-11-8-12-16-40/h7-32H,1-6H3. The molecule has 7 aromatic carbocycles. The monoisotopic (exact) mass is 788 g/mol. The minimum Gasteiger partial charge on any atom is -0.308 e. The molecule has 9 rings (SSSR count). The van der Waals surface area contributed by atoms with Gasteiger partial charge in [-0.05, 0) is 93.7 Å². The second-order valence-electron chi connectivity index (χ2n) is 17.6. The van der Waals surface area contributed by atoms with Crippen LogP contribution in [0.4, 0.5) is 0 Å². The molecule has 0 unspecified atom stereocenters. The minimum atomic E-state index is -0.0606. The first kappa shape index (κ1) is 38.8. The first-order valence-electron chi connectivity index (χ1n) is 20.6. The fourth-order valence-corrected chi connectivity index (χ4v) is 8.03. The molecule has 6 heteroatoms. The third kappa shape index (κ3) is 7.35. The summed E-state index contributed by atoms with van der Waals surface area (Å²) in [6.07, 6.45) is 0. The molecule has 0 atom stereocenters. The highest BCUT2D eigenvalue weighted by atomic mass is 15.0. The van der Waals surface area contributed by atoms with E-state index in [2.05, 4.69) is 107 Å². The summed E-state index contributed by atoms with van der Waals surface area (Å²) in [5.74, 6) is 1.66. The molecule has 6 nitrogen and oxygen atoms in total. The Morgan fingerprint density at radius 1 is 0.410 bits per heavy atom. The zero-order chi connectivity index (χ0) is 42.5. The van der Waals surface area contributed by atoms with E-state index in [1.165, 1.54) is 21.9 Å². The molecule has 0 radical (unpaired) electrons. The average Bonchev–Trinajstić information content (AvgIpc) is 3.61. The van der Waals surface area contributed by atoms with E-state index in [0.717, 1.165) is 55.7 Å². The number of rotatable bonds is 6. The molecule has 2 aromatic heterocycles. The van der Waals surface area contributed by atoms with Gasteiger partial charge >= 0.3 is 0 Å². The van der Waals surface area contributed by atoms with Gasteiger partial charge in [-0.3, -0.25) is 0 Å². The topological polar surface area (TPSA) is 91.2 Å². The van der Waals surface area contributed by atoms with Gasteiger partial charge < -0.3 is 4.57 Å². The molecule has 0 N–H and O–H groups in total.